The summed E-state index contributed by atoms with van der Waals surface area (Å²) in [5.41, 5.74) is 0.590. The van der Waals surface area contributed by atoms with Crippen LogP contribution < -0.4 is 0 Å². The zero-order valence-electron chi connectivity index (χ0n) is 11.0. The van der Waals surface area contributed by atoms with Gasteiger partial charge in [-0.2, -0.15) is 0 Å². The molecule has 100 valence electrons. The Morgan fingerprint density at radius 1 is 1.44 bits per heavy atom. The number of hydrogen-bond donors (Lipinski definition) is 0. The van der Waals surface area contributed by atoms with Gasteiger partial charge in [0.05, 0.1) is 10.2 Å². The minimum Gasteiger partial charge on any atom is -0.367 e. The van der Waals surface area contributed by atoms with Crippen LogP contribution in [0.15, 0.2) is 4.47 Å². The lowest BCUT2D eigenvalue weighted by molar-refractivity contribution is 0.00910. The topological polar surface area (TPSA) is 35.0 Å². The largest absolute Gasteiger partial charge is 0.367 e. The quantitative estimate of drug-likeness (QED) is 0.781. The molecule has 18 heavy (non-hydrogen) atoms. The molecule has 3 nitrogen and oxygen atoms in total. The van der Waals surface area contributed by atoms with Crippen molar-refractivity contribution in [1.82, 2.24) is 9.97 Å². The van der Waals surface area contributed by atoms with Gasteiger partial charge >= 0.3 is 0 Å². The first-order valence-corrected chi connectivity index (χ1v) is 7.46. The Bertz CT molecular complexity index is 445. The maximum Gasteiger partial charge on any atom is 0.162 e. The summed E-state index contributed by atoms with van der Waals surface area (Å²) >= 11 is 9.66. The lowest BCUT2D eigenvalue weighted by Gasteiger charge is -2.22. The van der Waals surface area contributed by atoms with Crippen LogP contribution in [0, 0.1) is 5.92 Å². The second-order valence-corrected chi connectivity index (χ2v) is 6.53. The van der Waals surface area contributed by atoms with Gasteiger partial charge in [0.15, 0.2) is 5.82 Å². The van der Waals surface area contributed by atoms with Gasteiger partial charge in [0.25, 0.3) is 0 Å². The SMILES string of the molecule is CC(C)Cc1nc(C2(C)CCCO2)nc(Cl)c1Br. The molecule has 0 spiro atoms. The van der Waals surface area contributed by atoms with Crippen molar-refractivity contribution >= 4 is 27.5 Å². The highest BCUT2D eigenvalue weighted by molar-refractivity contribution is 9.10. The van der Waals surface area contributed by atoms with Crippen LogP contribution in [0.1, 0.15) is 45.1 Å². The Labute approximate surface area is 121 Å². The number of hydrogen-bond acceptors (Lipinski definition) is 3. The van der Waals surface area contributed by atoms with E-state index in [1.165, 1.54) is 0 Å². The smallest absolute Gasteiger partial charge is 0.162 e. The van der Waals surface area contributed by atoms with Crippen LogP contribution in [0.4, 0.5) is 0 Å². The number of halogens is 2. The monoisotopic (exact) mass is 332 g/mol. The van der Waals surface area contributed by atoms with Gasteiger partial charge in [-0.1, -0.05) is 25.4 Å². The van der Waals surface area contributed by atoms with Crippen LogP contribution in [-0.4, -0.2) is 16.6 Å². The van der Waals surface area contributed by atoms with Crippen molar-refractivity contribution in [2.45, 2.75) is 45.6 Å². The minimum atomic E-state index is -0.379. The molecule has 1 atom stereocenters. The number of ether oxygens (including phenoxy) is 1. The van der Waals surface area contributed by atoms with E-state index in [2.05, 4.69) is 39.7 Å². The van der Waals surface area contributed by atoms with Gasteiger partial charge in [0, 0.05) is 6.61 Å². The Morgan fingerprint density at radius 2 is 2.17 bits per heavy atom. The predicted molar refractivity (Wildman–Crippen MR) is 75.8 cm³/mol. The summed E-state index contributed by atoms with van der Waals surface area (Å²) < 4.78 is 6.59. The summed E-state index contributed by atoms with van der Waals surface area (Å²) in [6, 6.07) is 0. The molecule has 0 N–H and O–H groups in total. The van der Waals surface area contributed by atoms with Crippen LogP contribution in [-0.2, 0) is 16.8 Å². The van der Waals surface area contributed by atoms with Crippen LogP contribution in [0.2, 0.25) is 5.15 Å². The van der Waals surface area contributed by atoms with Crippen molar-refractivity contribution in [2.24, 2.45) is 5.92 Å². The second kappa shape index (κ2) is 5.43. The third-order valence-corrected chi connectivity index (χ3v) is 4.51. The average Bonchev–Trinajstić information content (AvgIpc) is 2.72. The number of nitrogens with zero attached hydrogens (tertiary/aromatic N) is 2. The molecule has 2 heterocycles. The van der Waals surface area contributed by atoms with E-state index in [0.29, 0.717) is 16.9 Å². The van der Waals surface area contributed by atoms with Crippen molar-refractivity contribution in [3.8, 4) is 0 Å². The van der Waals surface area contributed by atoms with Crippen molar-refractivity contribution in [2.75, 3.05) is 6.61 Å². The van der Waals surface area contributed by atoms with Crippen molar-refractivity contribution in [1.29, 1.82) is 0 Å². The van der Waals surface area contributed by atoms with Gasteiger partial charge in [0.2, 0.25) is 0 Å². The first-order valence-electron chi connectivity index (χ1n) is 6.29. The fourth-order valence-electron chi connectivity index (χ4n) is 2.18. The zero-order valence-corrected chi connectivity index (χ0v) is 13.3. The molecule has 1 unspecified atom stereocenters. The molecule has 1 aliphatic rings. The first-order chi connectivity index (χ1) is 8.42. The Balaban J connectivity index is 2.40. The summed E-state index contributed by atoms with van der Waals surface area (Å²) in [5, 5.41) is 0.479. The summed E-state index contributed by atoms with van der Waals surface area (Å²) in [6.07, 6.45) is 2.88. The van der Waals surface area contributed by atoms with Crippen LogP contribution in [0.3, 0.4) is 0 Å². The first kappa shape index (κ1) is 14.2. The normalized spacial score (nSPS) is 23.9. The van der Waals surface area contributed by atoms with Crippen LogP contribution in [0.25, 0.3) is 0 Å². The van der Waals surface area contributed by atoms with E-state index in [4.69, 9.17) is 16.3 Å². The summed E-state index contributed by atoms with van der Waals surface area (Å²) in [6.45, 7) is 7.14. The molecule has 0 aliphatic carbocycles. The third-order valence-electron chi connectivity index (χ3n) is 3.17. The summed E-state index contributed by atoms with van der Waals surface area (Å²) in [7, 11) is 0. The highest BCUT2D eigenvalue weighted by Gasteiger charge is 2.35. The highest BCUT2D eigenvalue weighted by atomic mass is 79.9. The molecular weight excluding hydrogens is 316 g/mol. The molecular formula is C13H18BrClN2O. The van der Waals surface area contributed by atoms with Gasteiger partial charge in [0.1, 0.15) is 10.8 Å². The van der Waals surface area contributed by atoms with Crippen molar-refractivity contribution < 1.29 is 4.74 Å². The molecule has 5 heteroatoms. The van der Waals surface area contributed by atoms with Crippen molar-refractivity contribution in [3.05, 3.63) is 21.1 Å². The van der Waals surface area contributed by atoms with Gasteiger partial charge in [-0.3, -0.25) is 0 Å². The maximum atomic E-state index is 6.19. The number of rotatable bonds is 3. The molecule has 0 amide bonds. The van der Waals surface area contributed by atoms with E-state index in [1.54, 1.807) is 0 Å². The van der Waals surface area contributed by atoms with E-state index < -0.39 is 0 Å². The standard InChI is InChI=1S/C13H18BrClN2O/c1-8(2)7-9-10(14)11(15)17-12(16-9)13(3)5-4-6-18-13/h8H,4-7H2,1-3H3. The summed E-state index contributed by atoms with van der Waals surface area (Å²) in [4.78, 5) is 9.04. The third kappa shape index (κ3) is 2.86. The van der Waals surface area contributed by atoms with E-state index >= 15 is 0 Å². The van der Waals surface area contributed by atoms with E-state index in [0.717, 1.165) is 36.0 Å². The fraction of sp³-hybridized carbons (Fsp3) is 0.692. The Morgan fingerprint density at radius 3 is 2.72 bits per heavy atom. The molecule has 0 saturated carbocycles. The molecule has 1 aromatic rings. The minimum absolute atomic E-state index is 0.379. The molecule has 1 saturated heterocycles. The summed E-state index contributed by atoms with van der Waals surface area (Å²) in [5.74, 6) is 1.24. The van der Waals surface area contributed by atoms with Crippen LogP contribution >= 0.6 is 27.5 Å². The molecule has 0 bridgehead atoms. The lowest BCUT2D eigenvalue weighted by atomic mass is 10.0. The van der Waals surface area contributed by atoms with Crippen LogP contribution in [0.5, 0.6) is 0 Å². The molecule has 1 aliphatic heterocycles. The Kier molecular flexibility index (Phi) is 4.29. The van der Waals surface area contributed by atoms with Gasteiger partial charge in [-0.05, 0) is 48.0 Å². The second-order valence-electron chi connectivity index (χ2n) is 5.38. The maximum absolute atomic E-state index is 6.19. The van der Waals surface area contributed by atoms with Gasteiger partial charge in [-0.25, -0.2) is 9.97 Å². The lowest BCUT2D eigenvalue weighted by Crippen LogP contribution is -2.24. The zero-order chi connectivity index (χ0) is 13.3. The highest BCUT2D eigenvalue weighted by Crippen LogP contribution is 2.36. The predicted octanol–water partition coefficient (Wildman–Crippen LogP) is 4.12. The van der Waals surface area contributed by atoms with E-state index in [-0.39, 0.29) is 5.60 Å². The van der Waals surface area contributed by atoms with Crippen molar-refractivity contribution in [3.63, 3.8) is 0 Å². The van der Waals surface area contributed by atoms with Gasteiger partial charge < -0.3 is 4.74 Å². The van der Waals surface area contributed by atoms with Gasteiger partial charge in [-0.15, -0.1) is 0 Å². The van der Waals surface area contributed by atoms with E-state index in [9.17, 15) is 0 Å². The Hall–Kier alpha value is -0.190. The van der Waals surface area contributed by atoms with E-state index in [1.807, 2.05) is 6.92 Å². The molecule has 1 fully saturated rings. The fourth-order valence-corrected chi connectivity index (χ4v) is 2.71. The number of aromatic nitrogens is 2. The molecule has 2 rings (SSSR count). The average molecular weight is 334 g/mol. The molecule has 0 aromatic carbocycles. The molecule has 1 aromatic heterocycles. The molecule has 0 radical (unpaired) electrons.